The normalized spacial score (nSPS) is 26.2. The Kier molecular flexibility index (Phi) is 5.71. The number of hydrogen-bond donors (Lipinski definition) is 0. The van der Waals surface area contributed by atoms with Gasteiger partial charge in [0.1, 0.15) is 0 Å². The molecule has 1 amide bonds. The van der Waals surface area contributed by atoms with Gasteiger partial charge in [-0.1, -0.05) is 43.7 Å². The third kappa shape index (κ3) is 4.35. The third-order valence-corrected chi connectivity index (χ3v) is 5.71. The van der Waals surface area contributed by atoms with Crippen molar-refractivity contribution in [1.29, 1.82) is 0 Å². The monoisotopic (exact) mass is 314 g/mol. The van der Waals surface area contributed by atoms with Crippen LogP contribution in [0.1, 0.15) is 44.6 Å². The number of carbonyl (C=O) groups excluding carboxylic acids is 1. The highest BCUT2D eigenvalue weighted by molar-refractivity contribution is 5.79. The molecule has 1 aromatic carbocycles. The van der Waals surface area contributed by atoms with E-state index in [4.69, 9.17) is 0 Å². The first-order valence-corrected chi connectivity index (χ1v) is 9.31. The van der Waals surface area contributed by atoms with E-state index in [9.17, 15) is 4.79 Å². The topological polar surface area (TPSA) is 23.6 Å². The predicted octanol–water partition coefficient (Wildman–Crippen LogP) is 3.55. The van der Waals surface area contributed by atoms with Crippen molar-refractivity contribution in [2.24, 2.45) is 11.8 Å². The summed E-state index contributed by atoms with van der Waals surface area (Å²) in [7, 11) is 0. The fraction of sp³-hybridized carbons (Fsp3) is 0.650. The Morgan fingerprint density at radius 1 is 1.00 bits per heavy atom. The van der Waals surface area contributed by atoms with Crippen molar-refractivity contribution in [2.45, 2.75) is 45.6 Å². The number of carbonyl (C=O) groups is 1. The van der Waals surface area contributed by atoms with Gasteiger partial charge >= 0.3 is 0 Å². The van der Waals surface area contributed by atoms with Crippen molar-refractivity contribution in [3.8, 4) is 0 Å². The molecule has 126 valence electrons. The molecule has 1 saturated heterocycles. The minimum Gasteiger partial charge on any atom is -0.340 e. The minimum atomic E-state index is 0.304. The van der Waals surface area contributed by atoms with Crippen molar-refractivity contribution in [3.63, 3.8) is 0 Å². The number of benzene rings is 1. The number of piperazine rings is 1. The van der Waals surface area contributed by atoms with Crippen molar-refractivity contribution in [2.75, 3.05) is 26.2 Å². The maximum Gasteiger partial charge on any atom is 0.225 e. The SMILES string of the molecule is CCC1CCC(C(=O)N2CCN(Cc3ccccc3)CC2)CC1. The molecule has 3 heteroatoms. The summed E-state index contributed by atoms with van der Waals surface area (Å²) in [5.74, 6) is 1.60. The molecule has 1 saturated carbocycles. The predicted molar refractivity (Wildman–Crippen MR) is 94.0 cm³/mol. The lowest BCUT2D eigenvalue weighted by atomic mass is 9.80. The van der Waals surface area contributed by atoms with Crippen LogP contribution in [0.5, 0.6) is 0 Å². The van der Waals surface area contributed by atoms with E-state index >= 15 is 0 Å². The average Bonchev–Trinajstić information content (AvgIpc) is 2.63. The van der Waals surface area contributed by atoms with Crippen LogP contribution in [0.3, 0.4) is 0 Å². The molecule has 23 heavy (non-hydrogen) atoms. The Morgan fingerprint density at radius 3 is 2.26 bits per heavy atom. The Bertz CT molecular complexity index is 486. The van der Waals surface area contributed by atoms with Gasteiger partial charge in [0, 0.05) is 38.6 Å². The summed E-state index contributed by atoms with van der Waals surface area (Å²) in [6, 6.07) is 10.6. The molecule has 1 aliphatic carbocycles. The molecular weight excluding hydrogens is 284 g/mol. The van der Waals surface area contributed by atoms with Crippen molar-refractivity contribution in [1.82, 2.24) is 9.80 Å². The quantitative estimate of drug-likeness (QED) is 0.848. The third-order valence-electron chi connectivity index (χ3n) is 5.71. The second-order valence-electron chi connectivity index (χ2n) is 7.21. The minimum absolute atomic E-state index is 0.304. The van der Waals surface area contributed by atoms with Gasteiger partial charge in [-0.25, -0.2) is 0 Å². The summed E-state index contributed by atoms with van der Waals surface area (Å²) in [5, 5.41) is 0. The molecule has 0 N–H and O–H groups in total. The van der Waals surface area contributed by atoms with Gasteiger partial charge in [0.2, 0.25) is 5.91 Å². The van der Waals surface area contributed by atoms with Crippen LogP contribution in [0.4, 0.5) is 0 Å². The summed E-state index contributed by atoms with van der Waals surface area (Å²) < 4.78 is 0. The summed E-state index contributed by atoms with van der Waals surface area (Å²) in [5.41, 5.74) is 1.37. The van der Waals surface area contributed by atoms with E-state index in [2.05, 4.69) is 47.1 Å². The van der Waals surface area contributed by atoms with Crippen LogP contribution < -0.4 is 0 Å². The Hall–Kier alpha value is -1.35. The van der Waals surface area contributed by atoms with Crippen LogP contribution in [0.25, 0.3) is 0 Å². The summed E-state index contributed by atoms with van der Waals surface area (Å²) in [4.78, 5) is 17.3. The smallest absolute Gasteiger partial charge is 0.225 e. The fourth-order valence-corrected chi connectivity index (χ4v) is 4.04. The van der Waals surface area contributed by atoms with Gasteiger partial charge < -0.3 is 4.90 Å². The lowest BCUT2D eigenvalue weighted by molar-refractivity contribution is -0.138. The van der Waals surface area contributed by atoms with Crippen LogP contribution in [0.2, 0.25) is 0 Å². The molecule has 0 aromatic heterocycles. The first-order valence-electron chi connectivity index (χ1n) is 9.31. The summed E-state index contributed by atoms with van der Waals surface area (Å²) in [6.07, 6.45) is 6.00. The molecule has 3 rings (SSSR count). The first-order chi connectivity index (χ1) is 11.3. The van der Waals surface area contributed by atoms with E-state index in [1.165, 1.54) is 24.8 Å². The van der Waals surface area contributed by atoms with Gasteiger partial charge in [-0.05, 0) is 37.2 Å². The molecule has 2 fully saturated rings. The van der Waals surface area contributed by atoms with Crippen LogP contribution in [-0.2, 0) is 11.3 Å². The summed E-state index contributed by atoms with van der Waals surface area (Å²) >= 11 is 0. The van der Waals surface area contributed by atoms with E-state index in [0.717, 1.165) is 51.5 Å². The van der Waals surface area contributed by atoms with Crippen molar-refractivity contribution >= 4 is 5.91 Å². The second-order valence-corrected chi connectivity index (χ2v) is 7.21. The van der Waals surface area contributed by atoms with E-state index < -0.39 is 0 Å². The average molecular weight is 314 g/mol. The number of rotatable bonds is 4. The maximum atomic E-state index is 12.7. The molecule has 1 heterocycles. The zero-order valence-corrected chi connectivity index (χ0v) is 14.4. The first kappa shape index (κ1) is 16.5. The van der Waals surface area contributed by atoms with Gasteiger partial charge in [0.15, 0.2) is 0 Å². The van der Waals surface area contributed by atoms with E-state index in [1.807, 2.05) is 0 Å². The molecule has 2 aliphatic rings. The molecule has 0 unspecified atom stereocenters. The van der Waals surface area contributed by atoms with Crippen molar-refractivity contribution < 1.29 is 4.79 Å². The van der Waals surface area contributed by atoms with Gasteiger partial charge in [-0.3, -0.25) is 9.69 Å². The van der Waals surface area contributed by atoms with Gasteiger partial charge in [-0.15, -0.1) is 0 Å². The Labute approximate surface area is 140 Å². The fourth-order valence-electron chi connectivity index (χ4n) is 4.04. The van der Waals surface area contributed by atoms with Gasteiger partial charge in [0.25, 0.3) is 0 Å². The molecule has 1 aromatic rings. The standard InChI is InChI=1S/C20H30N2O/c1-2-17-8-10-19(11-9-17)20(23)22-14-12-21(13-15-22)16-18-6-4-3-5-7-18/h3-7,17,19H,2,8-16H2,1H3. The highest BCUT2D eigenvalue weighted by Gasteiger charge is 2.30. The molecule has 1 aliphatic heterocycles. The number of hydrogen-bond acceptors (Lipinski definition) is 2. The van der Waals surface area contributed by atoms with Crippen LogP contribution in [-0.4, -0.2) is 41.9 Å². The Balaban J connectivity index is 1.44. The molecule has 0 radical (unpaired) electrons. The van der Waals surface area contributed by atoms with Crippen molar-refractivity contribution in [3.05, 3.63) is 35.9 Å². The molecular formula is C20H30N2O. The van der Waals surface area contributed by atoms with Crippen LogP contribution in [0, 0.1) is 11.8 Å². The van der Waals surface area contributed by atoms with Crippen LogP contribution in [0.15, 0.2) is 30.3 Å². The molecule has 0 bridgehead atoms. The molecule has 3 nitrogen and oxygen atoms in total. The van der Waals surface area contributed by atoms with E-state index in [0.29, 0.717) is 11.8 Å². The lowest BCUT2D eigenvalue weighted by Gasteiger charge is -2.38. The largest absolute Gasteiger partial charge is 0.340 e. The second kappa shape index (κ2) is 7.96. The number of amides is 1. The number of nitrogens with zero attached hydrogens (tertiary/aromatic N) is 2. The highest BCUT2D eigenvalue weighted by atomic mass is 16.2. The van der Waals surface area contributed by atoms with Gasteiger partial charge in [-0.2, -0.15) is 0 Å². The van der Waals surface area contributed by atoms with E-state index in [1.54, 1.807) is 0 Å². The lowest BCUT2D eigenvalue weighted by Crippen LogP contribution is -2.50. The zero-order chi connectivity index (χ0) is 16.1. The van der Waals surface area contributed by atoms with Crippen LogP contribution >= 0.6 is 0 Å². The molecule has 0 atom stereocenters. The Morgan fingerprint density at radius 2 is 1.65 bits per heavy atom. The summed E-state index contributed by atoms with van der Waals surface area (Å²) in [6.45, 7) is 7.10. The molecule has 0 spiro atoms. The highest BCUT2D eigenvalue weighted by Crippen LogP contribution is 2.31. The van der Waals surface area contributed by atoms with E-state index in [-0.39, 0.29) is 0 Å². The zero-order valence-electron chi connectivity index (χ0n) is 14.4. The van der Waals surface area contributed by atoms with Gasteiger partial charge in [0.05, 0.1) is 0 Å². The maximum absolute atomic E-state index is 12.7.